The number of phenols is 1. The zero-order valence-electron chi connectivity index (χ0n) is 8.48. The number of nitrogens with zero attached hydrogens (tertiary/aromatic N) is 1. The fourth-order valence-electron chi connectivity index (χ4n) is 2.56. The Balaban J connectivity index is 2.29. The summed E-state index contributed by atoms with van der Waals surface area (Å²) in [6.07, 6.45) is 2.22. The third kappa shape index (κ3) is 1.16. The molecular formula is C12H14N2O. The smallest absolute Gasteiger partial charge is 0.117 e. The number of benzene rings is 1. The molecule has 1 aromatic heterocycles. The Hall–Kier alpha value is -1.48. The Labute approximate surface area is 88.1 Å². The first kappa shape index (κ1) is 8.80. The third-order valence-electron chi connectivity index (χ3n) is 3.28. The average molecular weight is 202 g/mol. The van der Waals surface area contributed by atoms with Crippen LogP contribution in [-0.4, -0.2) is 16.2 Å². The summed E-state index contributed by atoms with van der Waals surface area (Å²) in [6.45, 7) is 0.673. The Bertz CT molecular complexity index is 516. The van der Waals surface area contributed by atoms with Crippen LogP contribution in [0.15, 0.2) is 24.3 Å². The molecule has 0 saturated carbocycles. The van der Waals surface area contributed by atoms with Gasteiger partial charge in [0.25, 0.3) is 0 Å². The lowest BCUT2D eigenvalue weighted by atomic mass is 10.1. The van der Waals surface area contributed by atoms with E-state index in [9.17, 15) is 5.11 Å². The fourth-order valence-corrected chi connectivity index (χ4v) is 2.56. The molecule has 0 bridgehead atoms. The van der Waals surface area contributed by atoms with Crippen molar-refractivity contribution in [3.63, 3.8) is 0 Å². The first-order valence-electron chi connectivity index (χ1n) is 5.32. The van der Waals surface area contributed by atoms with Crippen LogP contribution in [0.2, 0.25) is 0 Å². The van der Waals surface area contributed by atoms with Gasteiger partial charge in [-0.3, -0.25) is 0 Å². The van der Waals surface area contributed by atoms with Gasteiger partial charge in [-0.05, 0) is 31.0 Å². The number of aromatic hydroxyl groups is 1. The minimum absolute atomic E-state index is 0.325. The minimum Gasteiger partial charge on any atom is -0.508 e. The van der Waals surface area contributed by atoms with E-state index in [1.165, 1.54) is 11.1 Å². The molecule has 0 saturated heterocycles. The molecule has 3 heteroatoms. The minimum atomic E-state index is 0.325. The van der Waals surface area contributed by atoms with Crippen LogP contribution in [0.5, 0.6) is 5.75 Å². The van der Waals surface area contributed by atoms with Gasteiger partial charge in [-0.15, -0.1) is 0 Å². The van der Waals surface area contributed by atoms with Crippen LogP contribution in [0.25, 0.3) is 10.9 Å². The van der Waals surface area contributed by atoms with Gasteiger partial charge < -0.3 is 15.4 Å². The monoisotopic (exact) mass is 202 g/mol. The summed E-state index contributed by atoms with van der Waals surface area (Å²) in [5.74, 6) is 0.325. The van der Waals surface area contributed by atoms with Crippen molar-refractivity contribution in [3.8, 4) is 5.75 Å². The molecule has 0 aliphatic carbocycles. The molecule has 3 N–H and O–H groups in total. The molecule has 0 spiro atoms. The summed E-state index contributed by atoms with van der Waals surface area (Å²) in [6, 6.07) is 8.12. The lowest BCUT2D eigenvalue weighted by Gasteiger charge is -2.12. The molecule has 1 aromatic carbocycles. The van der Waals surface area contributed by atoms with Gasteiger partial charge in [0.1, 0.15) is 5.75 Å². The molecule has 0 radical (unpaired) electrons. The number of fused-ring (bicyclic) bond motifs is 3. The van der Waals surface area contributed by atoms with Crippen LogP contribution in [0.4, 0.5) is 0 Å². The summed E-state index contributed by atoms with van der Waals surface area (Å²) in [5, 5.41) is 10.7. The van der Waals surface area contributed by atoms with E-state index < -0.39 is 0 Å². The summed E-state index contributed by atoms with van der Waals surface area (Å²) in [5.41, 5.74) is 8.20. The standard InChI is InChI=1S/C12H14N2O/c13-7-10-3-2-9-5-8-1-4-11(15)6-12(8)14(9)10/h1,4-6,10,15H,2-3,7,13H2. The highest BCUT2D eigenvalue weighted by atomic mass is 16.3. The van der Waals surface area contributed by atoms with E-state index in [0.717, 1.165) is 18.4 Å². The van der Waals surface area contributed by atoms with Crippen molar-refractivity contribution in [2.45, 2.75) is 18.9 Å². The van der Waals surface area contributed by atoms with Gasteiger partial charge in [-0.25, -0.2) is 0 Å². The number of aromatic nitrogens is 1. The molecule has 1 aliphatic heterocycles. The van der Waals surface area contributed by atoms with Crippen molar-refractivity contribution < 1.29 is 5.11 Å². The second kappa shape index (κ2) is 3.00. The highest BCUT2D eigenvalue weighted by Crippen LogP contribution is 2.33. The number of hydrogen-bond donors (Lipinski definition) is 2. The average Bonchev–Trinajstić information content (AvgIpc) is 2.76. The van der Waals surface area contributed by atoms with E-state index in [0.29, 0.717) is 18.3 Å². The zero-order chi connectivity index (χ0) is 10.4. The van der Waals surface area contributed by atoms with E-state index in [4.69, 9.17) is 5.73 Å². The summed E-state index contributed by atoms with van der Waals surface area (Å²) < 4.78 is 2.27. The molecule has 1 unspecified atom stereocenters. The predicted molar refractivity (Wildman–Crippen MR) is 60.0 cm³/mol. The molecule has 1 aliphatic rings. The largest absolute Gasteiger partial charge is 0.508 e. The van der Waals surface area contributed by atoms with Gasteiger partial charge in [0, 0.05) is 29.7 Å². The first-order chi connectivity index (χ1) is 7.29. The maximum absolute atomic E-state index is 9.49. The van der Waals surface area contributed by atoms with Gasteiger partial charge in [-0.1, -0.05) is 0 Å². The van der Waals surface area contributed by atoms with E-state index in [1.807, 2.05) is 12.1 Å². The molecule has 15 heavy (non-hydrogen) atoms. The number of phenolic OH excluding ortho intramolecular Hbond substituents is 1. The molecule has 3 nitrogen and oxygen atoms in total. The van der Waals surface area contributed by atoms with Gasteiger partial charge in [-0.2, -0.15) is 0 Å². The third-order valence-corrected chi connectivity index (χ3v) is 3.28. The Morgan fingerprint density at radius 1 is 1.40 bits per heavy atom. The second-order valence-electron chi connectivity index (χ2n) is 4.18. The van der Waals surface area contributed by atoms with Crippen LogP contribution in [0.3, 0.4) is 0 Å². The number of aryl methyl sites for hydroxylation is 1. The van der Waals surface area contributed by atoms with Gasteiger partial charge in [0.05, 0.1) is 5.52 Å². The van der Waals surface area contributed by atoms with E-state index >= 15 is 0 Å². The topological polar surface area (TPSA) is 51.2 Å². The zero-order valence-corrected chi connectivity index (χ0v) is 8.48. The fraction of sp³-hybridized carbons (Fsp3) is 0.333. The van der Waals surface area contributed by atoms with Crippen LogP contribution < -0.4 is 5.73 Å². The SMILES string of the molecule is NCC1CCc2cc3ccc(O)cc3n21. The Morgan fingerprint density at radius 2 is 2.27 bits per heavy atom. The van der Waals surface area contributed by atoms with Crippen molar-refractivity contribution in [1.29, 1.82) is 0 Å². The molecule has 0 fully saturated rings. The predicted octanol–water partition coefficient (Wildman–Crippen LogP) is 1.79. The first-order valence-corrected chi connectivity index (χ1v) is 5.32. The van der Waals surface area contributed by atoms with Gasteiger partial charge in [0.2, 0.25) is 0 Å². The van der Waals surface area contributed by atoms with Gasteiger partial charge >= 0.3 is 0 Å². The van der Waals surface area contributed by atoms with Crippen molar-refractivity contribution >= 4 is 10.9 Å². The molecule has 0 amide bonds. The van der Waals surface area contributed by atoms with Gasteiger partial charge in [0.15, 0.2) is 0 Å². The van der Waals surface area contributed by atoms with Crippen molar-refractivity contribution in [3.05, 3.63) is 30.0 Å². The Kier molecular flexibility index (Phi) is 1.76. The lowest BCUT2D eigenvalue weighted by molar-refractivity contribution is 0.475. The number of hydrogen-bond acceptors (Lipinski definition) is 2. The van der Waals surface area contributed by atoms with Crippen molar-refractivity contribution in [2.75, 3.05) is 6.54 Å². The molecular weight excluding hydrogens is 188 g/mol. The van der Waals surface area contributed by atoms with Crippen LogP contribution in [-0.2, 0) is 6.42 Å². The summed E-state index contributed by atoms with van der Waals surface area (Å²) in [4.78, 5) is 0. The van der Waals surface area contributed by atoms with E-state index in [-0.39, 0.29) is 0 Å². The van der Waals surface area contributed by atoms with Crippen LogP contribution in [0.1, 0.15) is 18.2 Å². The summed E-state index contributed by atoms with van der Waals surface area (Å²) >= 11 is 0. The molecule has 2 aromatic rings. The van der Waals surface area contributed by atoms with E-state index in [2.05, 4.69) is 10.6 Å². The second-order valence-corrected chi connectivity index (χ2v) is 4.18. The molecule has 78 valence electrons. The highest BCUT2D eigenvalue weighted by molar-refractivity contribution is 5.83. The van der Waals surface area contributed by atoms with Crippen LogP contribution >= 0.6 is 0 Å². The Morgan fingerprint density at radius 3 is 3.07 bits per heavy atom. The highest BCUT2D eigenvalue weighted by Gasteiger charge is 2.22. The number of rotatable bonds is 1. The quantitative estimate of drug-likeness (QED) is 0.740. The number of nitrogens with two attached hydrogens (primary N) is 1. The van der Waals surface area contributed by atoms with Crippen LogP contribution in [0, 0.1) is 0 Å². The molecule has 2 heterocycles. The van der Waals surface area contributed by atoms with Crippen molar-refractivity contribution in [2.24, 2.45) is 5.73 Å². The molecule has 3 rings (SSSR count). The van der Waals surface area contributed by atoms with Crippen molar-refractivity contribution in [1.82, 2.24) is 4.57 Å². The normalized spacial score (nSPS) is 19.7. The summed E-state index contributed by atoms with van der Waals surface area (Å²) in [7, 11) is 0. The lowest BCUT2D eigenvalue weighted by Crippen LogP contribution is -2.15. The maximum atomic E-state index is 9.49. The van der Waals surface area contributed by atoms with E-state index in [1.54, 1.807) is 6.07 Å². The maximum Gasteiger partial charge on any atom is 0.117 e. The molecule has 1 atom stereocenters.